The van der Waals surface area contributed by atoms with E-state index >= 15 is 0 Å². The summed E-state index contributed by atoms with van der Waals surface area (Å²) in [6.45, 7) is -0.353. The number of furan rings is 1. The minimum Gasteiger partial charge on any atom is -0.497 e. The van der Waals surface area contributed by atoms with E-state index in [9.17, 15) is 14.9 Å². The highest BCUT2D eigenvalue weighted by molar-refractivity contribution is 6.32. The molecule has 2 heterocycles. The van der Waals surface area contributed by atoms with Crippen LogP contribution in [-0.2, 0) is 4.79 Å². The summed E-state index contributed by atoms with van der Waals surface area (Å²) >= 11 is 6.05. The Bertz CT molecular complexity index is 1160. The molecule has 10 heteroatoms. The van der Waals surface area contributed by atoms with E-state index in [0.717, 1.165) is 17.0 Å². The number of carbonyl (C=O) groups is 1. The first kappa shape index (κ1) is 21.4. The minimum atomic E-state index is -0.561. The van der Waals surface area contributed by atoms with Crippen molar-refractivity contribution >= 4 is 28.9 Å². The number of carbonyl (C=O) groups excluding carboxylic acids is 1. The number of hydrogen-bond donors (Lipinski definition) is 0. The Kier molecular flexibility index (Phi) is 6.09. The van der Waals surface area contributed by atoms with E-state index in [2.05, 4.69) is 5.10 Å². The number of nitro benzene ring substituents is 1. The van der Waals surface area contributed by atoms with Crippen LogP contribution in [0.25, 0.3) is 0 Å². The smallest absolute Gasteiger partial charge is 0.281 e. The van der Waals surface area contributed by atoms with Crippen molar-refractivity contribution in [2.45, 2.75) is 12.5 Å². The second-order valence-electron chi connectivity index (χ2n) is 6.91. The largest absolute Gasteiger partial charge is 0.497 e. The fourth-order valence-electron chi connectivity index (χ4n) is 3.33. The van der Waals surface area contributed by atoms with Gasteiger partial charge >= 0.3 is 0 Å². The van der Waals surface area contributed by atoms with Gasteiger partial charge in [-0.2, -0.15) is 5.10 Å². The van der Waals surface area contributed by atoms with Crippen molar-refractivity contribution in [2.24, 2.45) is 5.10 Å². The normalized spacial score (nSPS) is 15.4. The fourth-order valence-corrected chi connectivity index (χ4v) is 3.56. The molecular weight excluding hydrogens is 438 g/mol. The number of amides is 1. The summed E-state index contributed by atoms with van der Waals surface area (Å²) in [6, 6.07) is 14.3. The van der Waals surface area contributed by atoms with Crippen LogP contribution in [0.5, 0.6) is 11.5 Å². The lowest BCUT2D eigenvalue weighted by atomic mass is 10.0. The van der Waals surface area contributed by atoms with Gasteiger partial charge in [-0.25, -0.2) is 5.01 Å². The topological polar surface area (TPSA) is 107 Å². The third-order valence-electron chi connectivity index (χ3n) is 4.94. The summed E-state index contributed by atoms with van der Waals surface area (Å²) in [5, 5.41) is 16.7. The predicted octanol–water partition coefficient (Wildman–Crippen LogP) is 4.61. The number of halogens is 1. The number of nitrogens with zero attached hydrogens (tertiary/aromatic N) is 3. The number of benzene rings is 2. The summed E-state index contributed by atoms with van der Waals surface area (Å²) in [7, 11) is 1.59. The highest BCUT2D eigenvalue weighted by atomic mass is 35.5. The van der Waals surface area contributed by atoms with E-state index in [1.165, 1.54) is 29.5 Å². The second kappa shape index (κ2) is 9.11. The van der Waals surface area contributed by atoms with E-state index in [4.69, 9.17) is 25.5 Å². The molecule has 1 aromatic heterocycles. The molecule has 0 bridgehead atoms. The zero-order chi connectivity index (χ0) is 22.7. The van der Waals surface area contributed by atoms with Gasteiger partial charge < -0.3 is 13.9 Å². The molecule has 32 heavy (non-hydrogen) atoms. The Labute approximate surface area is 187 Å². The summed E-state index contributed by atoms with van der Waals surface area (Å²) in [4.78, 5) is 23.3. The average Bonchev–Trinajstić information content (AvgIpc) is 3.48. The van der Waals surface area contributed by atoms with Crippen LogP contribution in [0.1, 0.15) is 23.8 Å². The van der Waals surface area contributed by atoms with E-state index in [1.807, 2.05) is 24.3 Å². The van der Waals surface area contributed by atoms with Gasteiger partial charge in [0.25, 0.3) is 11.6 Å². The maximum absolute atomic E-state index is 13.0. The molecule has 164 valence electrons. The number of ether oxygens (including phenoxy) is 2. The van der Waals surface area contributed by atoms with Crippen LogP contribution in [0.4, 0.5) is 5.69 Å². The van der Waals surface area contributed by atoms with E-state index in [1.54, 1.807) is 19.2 Å². The van der Waals surface area contributed by atoms with Gasteiger partial charge in [0, 0.05) is 18.6 Å². The Morgan fingerprint density at radius 3 is 2.69 bits per heavy atom. The molecular formula is C22H18ClN3O6. The number of non-ortho nitro benzene ring substituents is 1. The van der Waals surface area contributed by atoms with Gasteiger partial charge in [0.05, 0.1) is 29.0 Å². The van der Waals surface area contributed by atoms with Gasteiger partial charge in [-0.3, -0.25) is 14.9 Å². The van der Waals surface area contributed by atoms with Gasteiger partial charge in [0.2, 0.25) is 0 Å². The standard InChI is InChI=1S/C22H18ClN3O6/c1-30-16-7-4-14(5-8-16)18-12-19(21-3-2-10-31-21)25(24-18)22(27)13-32-20-9-6-15(26(28)29)11-17(20)23/h2-11,19H,12-13H2,1H3. The average molecular weight is 456 g/mol. The van der Waals surface area contributed by atoms with Gasteiger partial charge in [-0.15, -0.1) is 0 Å². The zero-order valence-electron chi connectivity index (χ0n) is 16.9. The first-order chi connectivity index (χ1) is 15.5. The second-order valence-corrected chi connectivity index (χ2v) is 7.32. The van der Waals surface area contributed by atoms with Crippen LogP contribution in [-0.4, -0.2) is 35.3 Å². The number of rotatable bonds is 7. The first-order valence-electron chi connectivity index (χ1n) is 9.60. The van der Waals surface area contributed by atoms with Crippen LogP contribution in [0.15, 0.2) is 70.4 Å². The zero-order valence-corrected chi connectivity index (χ0v) is 17.7. The highest BCUT2D eigenvalue weighted by Crippen LogP contribution is 2.34. The molecule has 1 unspecified atom stereocenters. The van der Waals surface area contributed by atoms with Crippen LogP contribution in [0.2, 0.25) is 5.02 Å². The number of nitro groups is 1. The lowest BCUT2D eigenvalue weighted by molar-refractivity contribution is -0.384. The van der Waals surface area contributed by atoms with Crippen molar-refractivity contribution in [3.05, 3.63) is 87.3 Å². The molecule has 0 N–H and O–H groups in total. The van der Waals surface area contributed by atoms with Crippen LogP contribution >= 0.6 is 11.6 Å². The van der Waals surface area contributed by atoms with Crippen LogP contribution in [0, 0.1) is 10.1 Å². The van der Waals surface area contributed by atoms with Gasteiger partial charge in [-0.1, -0.05) is 11.6 Å². The quantitative estimate of drug-likeness (QED) is 0.380. The number of hydrazone groups is 1. The van der Waals surface area contributed by atoms with E-state index in [0.29, 0.717) is 12.2 Å². The van der Waals surface area contributed by atoms with Crippen molar-refractivity contribution in [3.63, 3.8) is 0 Å². The predicted molar refractivity (Wildman–Crippen MR) is 116 cm³/mol. The number of methoxy groups -OCH3 is 1. The molecule has 0 saturated heterocycles. The van der Waals surface area contributed by atoms with Crippen LogP contribution in [0.3, 0.4) is 0 Å². The third-order valence-corrected chi connectivity index (χ3v) is 5.23. The lowest BCUT2D eigenvalue weighted by Crippen LogP contribution is -2.31. The van der Waals surface area contributed by atoms with Gasteiger partial charge in [0.1, 0.15) is 23.3 Å². The van der Waals surface area contributed by atoms with Crippen molar-refractivity contribution < 1.29 is 23.6 Å². The van der Waals surface area contributed by atoms with Crippen molar-refractivity contribution in [3.8, 4) is 11.5 Å². The molecule has 1 aliphatic heterocycles. The maximum Gasteiger partial charge on any atom is 0.281 e. The molecule has 3 aromatic rings. The minimum absolute atomic E-state index is 0.0402. The summed E-state index contributed by atoms with van der Waals surface area (Å²) in [6.07, 6.45) is 2.00. The lowest BCUT2D eigenvalue weighted by Gasteiger charge is -2.20. The third kappa shape index (κ3) is 4.42. The Hall–Kier alpha value is -3.85. The monoisotopic (exact) mass is 455 g/mol. The fraction of sp³-hybridized carbons (Fsp3) is 0.182. The SMILES string of the molecule is COc1ccc(C2=NN(C(=O)COc3ccc([N+](=O)[O-])cc3Cl)C(c3ccco3)C2)cc1. The molecule has 0 spiro atoms. The van der Waals surface area contributed by atoms with E-state index < -0.39 is 16.9 Å². The molecule has 0 fully saturated rings. The Morgan fingerprint density at radius 2 is 2.06 bits per heavy atom. The summed E-state index contributed by atoms with van der Waals surface area (Å²) < 4.78 is 16.2. The Morgan fingerprint density at radius 1 is 1.28 bits per heavy atom. The molecule has 1 amide bonds. The highest BCUT2D eigenvalue weighted by Gasteiger charge is 2.35. The molecule has 1 atom stereocenters. The van der Waals surface area contributed by atoms with E-state index in [-0.39, 0.29) is 23.1 Å². The number of hydrogen-bond acceptors (Lipinski definition) is 7. The van der Waals surface area contributed by atoms with Crippen LogP contribution < -0.4 is 9.47 Å². The maximum atomic E-state index is 13.0. The molecule has 1 aliphatic rings. The van der Waals surface area contributed by atoms with Gasteiger partial charge in [-0.05, 0) is 48.0 Å². The molecule has 2 aromatic carbocycles. The summed E-state index contributed by atoms with van der Waals surface area (Å²) in [5.41, 5.74) is 1.41. The molecule has 0 radical (unpaired) electrons. The van der Waals surface area contributed by atoms with Crippen molar-refractivity contribution in [1.29, 1.82) is 0 Å². The first-order valence-corrected chi connectivity index (χ1v) is 9.98. The van der Waals surface area contributed by atoms with Crippen molar-refractivity contribution in [1.82, 2.24) is 5.01 Å². The van der Waals surface area contributed by atoms with Crippen molar-refractivity contribution in [2.75, 3.05) is 13.7 Å². The molecule has 0 saturated carbocycles. The van der Waals surface area contributed by atoms with Gasteiger partial charge in [0.15, 0.2) is 6.61 Å². The molecule has 9 nitrogen and oxygen atoms in total. The molecule has 4 rings (SSSR count). The summed E-state index contributed by atoms with van der Waals surface area (Å²) in [5.74, 6) is 1.07. The Balaban J connectivity index is 1.53. The molecule has 0 aliphatic carbocycles.